The summed E-state index contributed by atoms with van der Waals surface area (Å²) in [6.45, 7) is 6.11. The third kappa shape index (κ3) is 3.44. The van der Waals surface area contributed by atoms with Crippen molar-refractivity contribution in [1.29, 1.82) is 0 Å². The van der Waals surface area contributed by atoms with E-state index in [-0.39, 0.29) is 18.3 Å². The minimum atomic E-state index is -0.398. The van der Waals surface area contributed by atoms with E-state index in [1.165, 1.54) is 6.20 Å². The van der Waals surface area contributed by atoms with Gasteiger partial charge in [-0.3, -0.25) is 4.98 Å². The molecule has 1 unspecified atom stereocenters. The van der Waals surface area contributed by atoms with E-state index < -0.39 is 5.97 Å². The fourth-order valence-electron chi connectivity index (χ4n) is 2.20. The first-order valence-electron chi connectivity index (χ1n) is 6.44. The quantitative estimate of drug-likeness (QED) is 0.846. The molecular formula is C14H20N2O3. The lowest BCUT2D eigenvalue weighted by Crippen LogP contribution is -2.24. The molecule has 5 heteroatoms. The van der Waals surface area contributed by atoms with Crippen molar-refractivity contribution < 1.29 is 14.3 Å². The molecule has 0 aromatic carbocycles. The fraction of sp³-hybridized carbons (Fsp3) is 0.571. The maximum atomic E-state index is 12.0. The highest BCUT2D eigenvalue weighted by atomic mass is 16.6. The topological polar surface area (TPSA) is 74.4 Å². The van der Waals surface area contributed by atoms with E-state index >= 15 is 0 Å². The molecule has 0 aliphatic carbocycles. The SMILES string of the molecule is Cc1ncc(N)cc1C(=O)OCC1CCC(C)(C)O1. The van der Waals surface area contributed by atoms with Crippen molar-refractivity contribution in [3.05, 3.63) is 23.5 Å². The zero-order valence-electron chi connectivity index (χ0n) is 11.6. The van der Waals surface area contributed by atoms with Gasteiger partial charge in [0.1, 0.15) is 6.61 Å². The van der Waals surface area contributed by atoms with E-state index in [0.717, 1.165) is 12.8 Å². The average molecular weight is 264 g/mol. The first-order chi connectivity index (χ1) is 8.87. The van der Waals surface area contributed by atoms with Crippen molar-refractivity contribution in [3.63, 3.8) is 0 Å². The summed E-state index contributed by atoms with van der Waals surface area (Å²) in [6, 6.07) is 1.59. The Kier molecular flexibility index (Phi) is 3.75. The van der Waals surface area contributed by atoms with E-state index in [1.807, 2.05) is 13.8 Å². The number of nitrogens with two attached hydrogens (primary N) is 1. The molecule has 0 radical (unpaired) electrons. The molecular weight excluding hydrogens is 244 g/mol. The van der Waals surface area contributed by atoms with Crippen LogP contribution in [0.25, 0.3) is 0 Å². The Bertz CT molecular complexity index is 486. The van der Waals surface area contributed by atoms with Gasteiger partial charge in [0.25, 0.3) is 0 Å². The molecule has 1 aliphatic heterocycles. The Morgan fingerprint density at radius 3 is 3.00 bits per heavy atom. The molecule has 1 atom stereocenters. The number of anilines is 1. The molecule has 2 heterocycles. The molecule has 0 amide bonds. The van der Waals surface area contributed by atoms with E-state index in [2.05, 4.69) is 4.98 Å². The lowest BCUT2D eigenvalue weighted by molar-refractivity contribution is -0.0445. The van der Waals surface area contributed by atoms with Crippen LogP contribution < -0.4 is 5.73 Å². The van der Waals surface area contributed by atoms with Crippen molar-refractivity contribution >= 4 is 11.7 Å². The van der Waals surface area contributed by atoms with Crippen molar-refractivity contribution in [3.8, 4) is 0 Å². The van der Waals surface area contributed by atoms with Crippen LogP contribution in [0.1, 0.15) is 42.7 Å². The summed E-state index contributed by atoms with van der Waals surface area (Å²) in [7, 11) is 0. The van der Waals surface area contributed by atoms with Gasteiger partial charge in [-0.2, -0.15) is 0 Å². The van der Waals surface area contributed by atoms with Crippen LogP contribution >= 0.6 is 0 Å². The van der Waals surface area contributed by atoms with Crippen LogP contribution in [-0.4, -0.2) is 29.3 Å². The lowest BCUT2D eigenvalue weighted by Gasteiger charge is -2.19. The van der Waals surface area contributed by atoms with Gasteiger partial charge in [0.2, 0.25) is 0 Å². The first-order valence-corrected chi connectivity index (χ1v) is 6.44. The number of pyridine rings is 1. The maximum absolute atomic E-state index is 12.0. The van der Waals surface area contributed by atoms with Crippen molar-refractivity contribution in [2.75, 3.05) is 12.3 Å². The summed E-state index contributed by atoms with van der Waals surface area (Å²) in [5.74, 6) is -0.398. The minimum absolute atomic E-state index is 0.0201. The van der Waals surface area contributed by atoms with E-state index in [1.54, 1.807) is 13.0 Å². The zero-order valence-corrected chi connectivity index (χ0v) is 11.6. The number of nitrogen functional groups attached to an aromatic ring is 1. The fourth-order valence-corrected chi connectivity index (χ4v) is 2.20. The van der Waals surface area contributed by atoms with E-state index in [4.69, 9.17) is 15.2 Å². The van der Waals surface area contributed by atoms with Gasteiger partial charge in [-0.1, -0.05) is 0 Å². The number of hydrogen-bond acceptors (Lipinski definition) is 5. The Labute approximate surface area is 113 Å². The van der Waals surface area contributed by atoms with Crippen LogP contribution in [0.15, 0.2) is 12.3 Å². The average Bonchev–Trinajstić information content (AvgIpc) is 2.69. The number of hydrogen-bond donors (Lipinski definition) is 1. The summed E-state index contributed by atoms with van der Waals surface area (Å²) in [5, 5.41) is 0. The second-order valence-corrected chi connectivity index (χ2v) is 5.54. The van der Waals surface area contributed by atoms with Crippen molar-refractivity contribution in [2.45, 2.75) is 45.3 Å². The van der Waals surface area contributed by atoms with Gasteiger partial charge >= 0.3 is 5.97 Å². The lowest BCUT2D eigenvalue weighted by atomic mass is 10.1. The first kappa shape index (κ1) is 13.8. The monoisotopic (exact) mass is 264 g/mol. The standard InChI is InChI=1S/C14H20N2O3/c1-9-12(6-10(15)7-16-9)13(17)18-8-11-4-5-14(2,3)19-11/h6-7,11H,4-5,8,15H2,1-3H3. The predicted molar refractivity (Wildman–Crippen MR) is 71.9 cm³/mol. The van der Waals surface area contributed by atoms with Crippen molar-refractivity contribution in [2.24, 2.45) is 0 Å². The number of ether oxygens (including phenoxy) is 2. The third-order valence-electron chi connectivity index (χ3n) is 3.28. The summed E-state index contributed by atoms with van der Waals surface area (Å²) in [6.07, 6.45) is 3.39. The summed E-state index contributed by atoms with van der Waals surface area (Å²) >= 11 is 0. The molecule has 5 nitrogen and oxygen atoms in total. The second kappa shape index (κ2) is 5.17. The summed E-state index contributed by atoms with van der Waals surface area (Å²) in [5.41, 5.74) is 6.99. The molecule has 2 rings (SSSR count). The van der Waals surface area contributed by atoms with Gasteiger partial charge in [-0.25, -0.2) is 4.79 Å². The Morgan fingerprint density at radius 2 is 2.37 bits per heavy atom. The summed E-state index contributed by atoms with van der Waals surface area (Å²) < 4.78 is 11.1. The van der Waals surface area contributed by atoms with Crippen LogP contribution in [0.4, 0.5) is 5.69 Å². The maximum Gasteiger partial charge on any atom is 0.340 e. The highest BCUT2D eigenvalue weighted by Crippen LogP contribution is 2.29. The smallest absolute Gasteiger partial charge is 0.340 e. The van der Waals surface area contributed by atoms with Gasteiger partial charge in [0.05, 0.1) is 34.8 Å². The Morgan fingerprint density at radius 1 is 1.63 bits per heavy atom. The van der Waals surface area contributed by atoms with Gasteiger partial charge < -0.3 is 15.2 Å². The molecule has 2 N–H and O–H groups in total. The highest BCUT2D eigenvalue weighted by molar-refractivity contribution is 5.91. The molecule has 1 aromatic heterocycles. The van der Waals surface area contributed by atoms with Gasteiger partial charge in [-0.15, -0.1) is 0 Å². The number of aryl methyl sites for hydroxylation is 1. The number of aromatic nitrogens is 1. The van der Waals surface area contributed by atoms with Crippen LogP contribution in [0.3, 0.4) is 0 Å². The highest BCUT2D eigenvalue weighted by Gasteiger charge is 2.32. The second-order valence-electron chi connectivity index (χ2n) is 5.54. The number of carbonyl (C=O) groups excluding carboxylic acids is 1. The van der Waals surface area contributed by atoms with Crippen LogP contribution in [0.5, 0.6) is 0 Å². The number of esters is 1. The third-order valence-corrected chi connectivity index (χ3v) is 3.28. The number of rotatable bonds is 3. The van der Waals surface area contributed by atoms with Gasteiger partial charge in [-0.05, 0) is 39.7 Å². The van der Waals surface area contributed by atoms with E-state index in [0.29, 0.717) is 16.9 Å². The molecule has 1 saturated heterocycles. The largest absolute Gasteiger partial charge is 0.459 e. The number of carbonyl (C=O) groups is 1. The van der Waals surface area contributed by atoms with Crippen LogP contribution in [-0.2, 0) is 9.47 Å². The summed E-state index contributed by atoms with van der Waals surface area (Å²) in [4.78, 5) is 16.0. The molecule has 1 aromatic rings. The van der Waals surface area contributed by atoms with Crippen LogP contribution in [0, 0.1) is 6.92 Å². The number of nitrogens with zero attached hydrogens (tertiary/aromatic N) is 1. The normalized spacial score (nSPS) is 21.3. The van der Waals surface area contributed by atoms with Gasteiger partial charge in [0, 0.05) is 0 Å². The minimum Gasteiger partial charge on any atom is -0.459 e. The molecule has 0 spiro atoms. The molecule has 1 aliphatic rings. The molecule has 104 valence electrons. The van der Waals surface area contributed by atoms with Gasteiger partial charge in [0.15, 0.2) is 0 Å². The van der Waals surface area contributed by atoms with E-state index in [9.17, 15) is 4.79 Å². The van der Waals surface area contributed by atoms with Crippen LogP contribution in [0.2, 0.25) is 0 Å². The van der Waals surface area contributed by atoms with Crippen molar-refractivity contribution in [1.82, 2.24) is 4.98 Å². The molecule has 0 saturated carbocycles. The Hall–Kier alpha value is -1.62. The Balaban J connectivity index is 1.93. The molecule has 19 heavy (non-hydrogen) atoms. The predicted octanol–water partition coefficient (Wildman–Crippen LogP) is 2.09. The molecule has 1 fully saturated rings. The molecule has 0 bridgehead atoms. The zero-order chi connectivity index (χ0) is 14.0.